The molecule has 6 nitrogen and oxygen atoms in total. The minimum absolute atomic E-state index is 0.312. The Hall–Kier alpha value is -1.85. The normalized spacial score (nSPS) is 10.5. The Labute approximate surface area is 61.6 Å². The van der Waals surface area contributed by atoms with Crippen molar-refractivity contribution >= 4 is 22.7 Å². The smallest absolute Gasteiger partial charge is 0.174 e. The molecule has 0 saturated heterocycles. The van der Waals surface area contributed by atoms with E-state index in [4.69, 9.17) is 11.5 Å². The maximum atomic E-state index is 5.47. The number of fused-ring (bicyclic) bond motifs is 1. The number of nitrogens with zero attached hydrogens (tertiary/aromatic N) is 3. The van der Waals surface area contributed by atoms with E-state index in [1.54, 1.807) is 6.07 Å². The van der Waals surface area contributed by atoms with E-state index < -0.39 is 0 Å². The van der Waals surface area contributed by atoms with Crippen molar-refractivity contribution in [1.82, 2.24) is 20.4 Å². The Morgan fingerprint density at radius 3 is 2.82 bits per heavy atom. The zero-order chi connectivity index (χ0) is 7.84. The summed E-state index contributed by atoms with van der Waals surface area (Å²) in [5.41, 5.74) is 12.2. The SMILES string of the molecule is Nc1cc2nnnc(N)c2[nH]1. The molecule has 0 unspecified atom stereocenters. The summed E-state index contributed by atoms with van der Waals surface area (Å²) >= 11 is 0. The first-order valence-electron chi connectivity index (χ1n) is 3.00. The number of H-pyrrole nitrogens is 1. The highest BCUT2D eigenvalue weighted by molar-refractivity contribution is 5.86. The highest BCUT2D eigenvalue weighted by atomic mass is 15.3. The standard InChI is InChI=1S/C5H6N6/c6-3-1-2-4(8-3)5(7)10-11-9-2/h1,8H,6H2,(H2,7,9,10). The van der Waals surface area contributed by atoms with Gasteiger partial charge in [-0.3, -0.25) is 0 Å². The van der Waals surface area contributed by atoms with Gasteiger partial charge in [-0.2, -0.15) is 0 Å². The van der Waals surface area contributed by atoms with Crippen LogP contribution in [0.1, 0.15) is 0 Å². The van der Waals surface area contributed by atoms with Crippen LogP contribution < -0.4 is 11.5 Å². The summed E-state index contributed by atoms with van der Waals surface area (Å²) in [6.07, 6.45) is 0. The van der Waals surface area contributed by atoms with Gasteiger partial charge in [0.2, 0.25) is 0 Å². The van der Waals surface area contributed by atoms with Crippen molar-refractivity contribution in [3.63, 3.8) is 0 Å². The van der Waals surface area contributed by atoms with Gasteiger partial charge in [-0.1, -0.05) is 0 Å². The Bertz CT molecular complexity index is 391. The Balaban J connectivity index is 2.90. The second kappa shape index (κ2) is 1.82. The van der Waals surface area contributed by atoms with Crippen LogP contribution in [0.25, 0.3) is 11.0 Å². The number of nitrogens with two attached hydrogens (primary N) is 2. The fraction of sp³-hybridized carbons (Fsp3) is 0. The average Bonchev–Trinajstić information content (AvgIpc) is 2.31. The number of nitrogens with one attached hydrogen (secondary N) is 1. The average molecular weight is 150 g/mol. The molecule has 0 aliphatic carbocycles. The van der Waals surface area contributed by atoms with E-state index in [1.807, 2.05) is 0 Å². The van der Waals surface area contributed by atoms with Crippen molar-refractivity contribution in [3.8, 4) is 0 Å². The molecule has 0 amide bonds. The molecule has 0 radical (unpaired) electrons. The summed E-state index contributed by atoms with van der Waals surface area (Å²) in [7, 11) is 0. The third-order valence-electron chi connectivity index (χ3n) is 1.38. The van der Waals surface area contributed by atoms with Crippen LogP contribution in [0.2, 0.25) is 0 Å². The van der Waals surface area contributed by atoms with Crippen LogP contribution in [0.5, 0.6) is 0 Å². The van der Waals surface area contributed by atoms with Crippen LogP contribution in [0.4, 0.5) is 11.6 Å². The molecule has 0 atom stereocenters. The lowest BCUT2D eigenvalue weighted by atomic mass is 10.4. The summed E-state index contributed by atoms with van der Waals surface area (Å²) in [5.74, 6) is 0.820. The molecule has 2 aromatic rings. The van der Waals surface area contributed by atoms with Crippen molar-refractivity contribution in [2.75, 3.05) is 11.5 Å². The topological polar surface area (TPSA) is 106 Å². The predicted molar refractivity (Wildman–Crippen MR) is 40.5 cm³/mol. The highest BCUT2D eigenvalue weighted by Crippen LogP contribution is 2.16. The van der Waals surface area contributed by atoms with Gasteiger partial charge >= 0.3 is 0 Å². The van der Waals surface area contributed by atoms with E-state index in [9.17, 15) is 0 Å². The lowest BCUT2D eigenvalue weighted by molar-refractivity contribution is 0.902. The molecule has 0 spiro atoms. The third-order valence-corrected chi connectivity index (χ3v) is 1.38. The van der Waals surface area contributed by atoms with E-state index in [0.29, 0.717) is 22.7 Å². The first kappa shape index (κ1) is 5.90. The van der Waals surface area contributed by atoms with Crippen molar-refractivity contribution in [1.29, 1.82) is 0 Å². The lowest BCUT2D eigenvalue weighted by Gasteiger charge is -1.89. The Morgan fingerprint density at radius 2 is 2.09 bits per heavy atom. The van der Waals surface area contributed by atoms with E-state index in [-0.39, 0.29) is 0 Å². The van der Waals surface area contributed by atoms with Crippen molar-refractivity contribution < 1.29 is 0 Å². The fourth-order valence-electron chi connectivity index (χ4n) is 0.907. The number of aromatic nitrogens is 4. The van der Waals surface area contributed by atoms with Crippen molar-refractivity contribution in [2.24, 2.45) is 0 Å². The summed E-state index contributed by atoms with van der Waals surface area (Å²) in [4.78, 5) is 2.81. The zero-order valence-electron chi connectivity index (χ0n) is 5.57. The lowest BCUT2D eigenvalue weighted by Crippen LogP contribution is -1.95. The van der Waals surface area contributed by atoms with Gasteiger partial charge in [-0.15, -0.1) is 10.2 Å². The second-order valence-electron chi connectivity index (χ2n) is 2.16. The molecule has 2 rings (SSSR count). The molecule has 0 aliphatic heterocycles. The quantitative estimate of drug-likeness (QED) is 0.470. The Kier molecular flexibility index (Phi) is 0.974. The first-order chi connectivity index (χ1) is 5.27. The number of hydrogen-bond acceptors (Lipinski definition) is 5. The number of rotatable bonds is 0. The van der Waals surface area contributed by atoms with Gasteiger partial charge in [0.25, 0.3) is 0 Å². The van der Waals surface area contributed by atoms with Gasteiger partial charge in [0.1, 0.15) is 16.9 Å². The van der Waals surface area contributed by atoms with E-state index >= 15 is 0 Å². The summed E-state index contributed by atoms with van der Waals surface area (Å²) in [5, 5.41) is 10.7. The summed E-state index contributed by atoms with van der Waals surface area (Å²) in [6, 6.07) is 1.65. The summed E-state index contributed by atoms with van der Waals surface area (Å²) < 4.78 is 0. The van der Waals surface area contributed by atoms with Gasteiger partial charge < -0.3 is 16.5 Å². The van der Waals surface area contributed by atoms with Gasteiger partial charge in [0.15, 0.2) is 5.82 Å². The number of hydrogen-bond donors (Lipinski definition) is 3. The molecule has 5 N–H and O–H groups in total. The van der Waals surface area contributed by atoms with Crippen LogP contribution in [-0.2, 0) is 0 Å². The van der Waals surface area contributed by atoms with Crippen LogP contribution in [-0.4, -0.2) is 20.4 Å². The molecule has 56 valence electrons. The largest absolute Gasteiger partial charge is 0.385 e. The second-order valence-corrected chi connectivity index (χ2v) is 2.16. The van der Waals surface area contributed by atoms with Crippen molar-refractivity contribution in [3.05, 3.63) is 6.07 Å². The van der Waals surface area contributed by atoms with Crippen LogP contribution in [0, 0.1) is 0 Å². The Morgan fingerprint density at radius 1 is 1.27 bits per heavy atom. The molecule has 0 bridgehead atoms. The fourth-order valence-corrected chi connectivity index (χ4v) is 0.907. The van der Waals surface area contributed by atoms with E-state index in [1.165, 1.54) is 0 Å². The maximum Gasteiger partial charge on any atom is 0.174 e. The molecule has 11 heavy (non-hydrogen) atoms. The van der Waals surface area contributed by atoms with Crippen LogP contribution >= 0.6 is 0 Å². The minimum atomic E-state index is 0.312. The highest BCUT2D eigenvalue weighted by Gasteiger charge is 2.02. The van der Waals surface area contributed by atoms with Gasteiger partial charge in [-0.25, -0.2) is 0 Å². The number of aromatic amines is 1. The third kappa shape index (κ3) is 0.759. The maximum absolute atomic E-state index is 5.47. The molecule has 0 saturated carbocycles. The number of nitrogen functional groups attached to an aromatic ring is 2. The first-order valence-corrected chi connectivity index (χ1v) is 3.00. The van der Waals surface area contributed by atoms with Crippen molar-refractivity contribution in [2.45, 2.75) is 0 Å². The number of anilines is 2. The van der Waals surface area contributed by atoms with Gasteiger partial charge in [-0.05, 0) is 5.21 Å². The van der Waals surface area contributed by atoms with Gasteiger partial charge in [0, 0.05) is 6.07 Å². The van der Waals surface area contributed by atoms with Crippen LogP contribution in [0.15, 0.2) is 6.07 Å². The summed E-state index contributed by atoms with van der Waals surface area (Å²) in [6.45, 7) is 0. The molecule has 2 aromatic heterocycles. The monoisotopic (exact) mass is 150 g/mol. The molecular formula is C5H6N6. The molecular weight excluding hydrogens is 144 g/mol. The van der Waals surface area contributed by atoms with Crippen LogP contribution in [0.3, 0.4) is 0 Å². The molecule has 6 heteroatoms. The van der Waals surface area contributed by atoms with Gasteiger partial charge in [0.05, 0.1) is 0 Å². The molecule has 0 aromatic carbocycles. The minimum Gasteiger partial charge on any atom is -0.385 e. The van der Waals surface area contributed by atoms with E-state index in [0.717, 1.165) is 0 Å². The molecule has 2 heterocycles. The molecule has 0 fully saturated rings. The molecule has 0 aliphatic rings. The zero-order valence-corrected chi connectivity index (χ0v) is 5.57. The van der Waals surface area contributed by atoms with E-state index in [2.05, 4.69) is 20.4 Å². The predicted octanol–water partition coefficient (Wildman–Crippen LogP) is -0.483.